The number of phenols is 1. The summed E-state index contributed by atoms with van der Waals surface area (Å²) in [5.41, 5.74) is 4.99. The van der Waals surface area contributed by atoms with E-state index in [0.29, 0.717) is 30.0 Å². The third kappa shape index (κ3) is 4.68. The first-order valence-electron chi connectivity index (χ1n) is 12.1. The number of phenolic OH excluding ortho intramolecular Hbond substituents is 1. The maximum atomic E-state index is 13.2. The molecular weight excluding hydrogens is 482 g/mol. The van der Waals surface area contributed by atoms with Crippen LogP contribution in [0.25, 0.3) is 22.0 Å². The highest BCUT2D eigenvalue weighted by Crippen LogP contribution is 2.38. The lowest BCUT2D eigenvalue weighted by molar-refractivity contribution is 0.387. The van der Waals surface area contributed by atoms with Crippen molar-refractivity contribution in [1.82, 2.24) is 14.3 Å². The predicted octanol–water partition coefficient (Wildman–Crippen LogP) is 4.77. The van der Waals surface area contributed by atoms with Crippen LogP contribution >= 0.6 is 0 Å². The summed E-state index contributed by atoms with van der Waals surface area (Å²) in [6.45, 7) is 0.449. The Kier molecular flexibility index (Phi) is 6.79. The summed E-state index contributed by atoms with van der Waals surface area (Å²) < 4.78 is 20.1. The summed E-state index contributed by atoms with van der Waals surface area (Å²) in [5, 5.41) is 15.0. The van der Waals surface area contributed by atoms with E-state index in [1.807, 2.05) is 54.7 Å². The predicted molar refractivity (Wildman–Crippen MR) is 147 cm³/mol. The van der Waals surface area contributed by atoms with Gasteiger partial charge in [0.2, 0.25) is 0 Å². The van der Waals surface area contributed by atoms with Crippen LogP contribution in [0.15, 0.2) is 77.9 Å². The molecule has 0 amide bonds. The van der Waals surface area contributed by atoms with E-state index in [0.717, 1.165) is 39.0 Å². The number of nitrogens with zero attached hydrogens (tertiary/aromatic N) is 3. The maximum absolute atomic E-state index is 13.2. The van der Waals surface area contributed by atoms with E-state index in [9.17, 15) is 9.90 Å². The number of rotatable bonds is 8. The molecular formula is C30H29N3O5. The van der Waals surface area contributed by atoms with Crippen LogP contribution in [0, 0.1) is 0 Å². The number of ether oxygens (including phenoxy) is 3. The van der Waals surface area contributed by atoms with Gasteiger partial charge < -0.3 is 23.9 Å². The lowest BCUT2D eigenvalue weighted by Crippen LogP contribution is -2.20. The molecule has 2 aromatic heterocycles. The standard InChI is InChI=1S/C30H29N3O5/c1-32-18-26(25-16-31-33(29(25)30(32)35)17-20-7-11-23(36-2)12-8-20)21-14-27(37-3)24(28(15-21)38-4)13-19-5-9-22(34)10-6-19/h5-12,14-16,18,34H,13,17H2,1-4H3. The van der Waals surface area contributed by atoms with Gasteiger partial charge in [-0.05, 0) is 53.1 Å². The van der Waals surface area contributed by atoms with E-state index >= 15 is 0 Å². The molecule has 194 valence electrons. The van der Waals surface area contributed by atoms with Crippen molar-refractivity contribution in [2.45, 2.75) is 13.0 Å². The number of fused-ring (bicyclic) bond motifs is 1. The molecule has 0 atom stereocenters. The van der Waals surface area contributed by atoms with Gasteiger partial charge in [0, 0.05) is 36.2 Å². The van der Waals surface area contributed by atoms with Crippen molar-refractivity contribution in [1.29, 1.82) is 0 Å². The van der Waals surface area contributed by atoms with Gasteiger partial charge in [0.15, 0.2) is 0 Å². The topological polar surface area (TPSA) is 87.7 Å². The fraction of sp³-hybridized carbons (Fsp3) is 0.200. The molecule has 0 aliphatic heterocycles. The van der Waals surface area contributed by atoms with Crippen molar-refractivity contribution >= 4 is 10.9 Å². The first kappa shape index (κ1) is 25.0. The number of benzene rings is 3. The quantitative estimate of drug-likeness (QED) is 0.323. The smallest absolute Gasteiger partial charge is 0.276 e. The number of aromatic hydroxyl groups is 1. The zero-order valence-corrected chi connectivity index (χ0v) is 21.8. The second-order valence-electron chi connectivity index (χ2n) is 9.07. The highest BCUT2D eigenvalue weighted by Gasteiger charge is 2.19. The second-order valence-corrected chi connectivity index (χ2v) is 9.07. The van der Waals surface area contributed by atoms with Crippen LogP contribution in [-0.4, -0.2) is 40.8 Å². The molecule has 0 unspecified atom stereocenters. The Morgan fingerprint density at radius 2 is 1.50 bits per heavy atom. The molecule has 38 heavy (non-hydrogen) atoms. The van der Waals surface area contributed by atoms with Crippen molar-refractivity contribution in [2.24, 2.45) is 7.05 Å². The summed E-state index contributed by atoms with van der Waals surface area (Å²) in [6, 6.07) is 18.7. The molecule has 0 spiro atoms. The number of hydrogen-bond acceptors (Lipinski definition) is 6. The fourth-order valence-electron chi connectivity index (χ4n) is 4.68. The SMILES string of the molecule is COc1ccc(Cn2ncc3c(-c4cc(OC)c(Cc5ccc(O)cc5)c(OC)c4)cn(C)c(=O)c32)cc1. The van der Waals surface area contributed by atoms with Crippen molar-refractivity contribution < 1.29 is 19.3 Å². The van der Waals surface area contributed by atoms with E-state index < -0.39 is 0 Å². The van der Waals surface area contributed by atoms with E-state index in [4.69, 9.17) is 14.2 Å². The Hall–Kier alpha value is -4.72. The van der Waals surface area contributed by atoms with Crippen LogP contribution in [-0.2, 0) is 20.0 Å². The van der Waals surface area contributed by atoms with E-state index in [1.54, 1.807) is 56.0 Å². The maximum Gasteiger partial charge on any atom is 0.276 e. The Morgan fingerprint density at radius 1 is 0.868 bits per heavy atom. The molecule has 0 aliphatic carbocycles. The molecule has 5 rings (SSSR count). The second kappa shape index (κ2) is 10.3. The van der Waals surface area contributed by atoms with E-state index in [2.05, 4.69) is 5.10 Å². The van der Waals surface area contributed by atoms with Gasteiger partial charge >= 0.3 is 0 Å². The van der Waals surface area contributed by atoms with Crippen LogP contribution in [0.4, 0.5) is 0 Å². The highest BCUT2D eigenvalue weighted by atomic mass is 16.5. The first-order chi connectivity index (χ1) is 18.4. The fourth-order valence-corrected chi connectivity index (χ4v) is 4.68. The van der Waals surface area contributed by atoms with Crippen LogP contribution < -0.4 is 19.8 Å². The summed E-state index contributed by atoms with van der Waals surface area (Å²) in [7, 11) is 6.62. The summed E-state index contributed by atoms with van der Waals surface area (Å²) in [5.74, 6) is 2.32. The summed E-state index contributed by atoms with van der Waals surface area (Å²) in [4.78, 5) is 13.2. The zero-order valence-electron chi connectivity index (χ0n) is 21.8. The average molecular weight is 512 g/mol. The van der Waals surface area contributed by atoms with Gasteiger partial charge in [-0.1, -0.05) is 24.3 Å². The Balaban J connectivity index is 1.60. The minimum absolute atomic E-state index is 0.127. The average Bonchev–Trinajstić information content (AvgIpc) is 3.36. The third-order valence-corrected chi connectivity index (χ3v) is 6.70. The molecule has 0 fully saturated rings. The molecule has 0 bridgehead atoms. The van der Waals surface area contributed by atoms with Gasteiger partial charge in [-0.25, -0.2) is 0 Å². The zero-order chi connectivity index (χ0) is 26.8. The molecule has 0 aliphatic rings. The van der Waals surface area contributed by atoms with Crippen LogP contribution in [0.2, 0.25) is 0 Å². The third-order valence-electron chi connectivity index (χ3n) is 6.70. The largest absolute Gasteiger partial charge is 0.508 e. The number of pyridine rings is 1. The Morgan fingerprint density at radius 3 is 2.11 bits per heavy atom. The summed E-state index contributed by atoms with van der Waals surface area (Å²) >= 11 is 0. The summed E-state index contributed by atoms with van der Waals surface area (Å²) in [6.07, 6.45) is 4.12. The molecule has 3 aromatic carbocycles. The molecule has 2 heterocycles. The molecule has 0 saturated heterocycles. The van der Waals surface area contributed by atoms with Gasteiger partial charge in [0.1, 0.15) is 28.5 Å². The molecule has 5 aromatic rings. The number of methoxy groups -OCH3 is 3. The van der Waals surface area contributed by atoms with Crippen molar-refractivity contribution in [3.63, 3.8) is 0 Å². The Bertz CT molecular complexity index is 1630. The van der Waals surface area contributed by atoms with Gasteiger partial charge in [-0.3, -0.25) is 9.48 Å². The van der Waals surface area contributed by atoms with E-state index in [-0.39, 0.29) is 11.3 Å². The minimum Gasteiger partial charge on any atom is -0.508 e. The van der Waals surface area contributed by atoms with Crippen LogP contribution in [0.1, 0.15) is 16.7 Å². The number of aryl methyl sites for hydroxylation is 1. The lowest BCUT2D eigenvalue weighted by atomic mass is 9.97. The molecule has 0 radical (unpaired) electrons. The van der Waals surface area contributed by atoms with Crippen molar-refractivity contribution in [3.8, 4) is 34.1 Å². The molecule has 8 nitrogen and oxygen atoms in total. The number of hydrogen-bond donors (Lipinski definition) is 1. The van der Waals surface area contributed by atoms with Gasteiger partial charge in [0.05, 0.1) is 34.1 Å². The van der Waals surface area contributed by atoms with Crippen LogP contribution in [0.3, 0.4) is 0 Å². The van der Waals surface area contributed by atoms with Crippen molar-refractivity contribution in [3.05, 3.63) is 100 Å². The van der Waals surface area contributed by atoms with E-state index in [1.165, 1.54) is 0 Å². The van der Waals surface area contributed by atoms with Gasteiger partial charge in [-0.2, -0.15) is 5.10 Å². The normalized spacial score (nSPS) is 11.1. The molecule has 0 saturated carbocycles. The monoisotopic (exact) mass is 511 g/mol. The number of aromatic nitrogens is 3. The van der Waals surface area contributed by atoms with Gasteiger partial charge in [0.25, 0.3) is 5.56 Å². The van der Waals surface area contributed by atoms with Gasteiger partial charge in [-0.15, -0.1) is 0 Å². The van der Waals surface area contributed by atoms with Crippen molar-refractivity contribution in [2.75, 3.05) is 21.3 Å². The minimum atomic E-state index is -0.127. The lowest BCUT2D eigenvalue weighted by Gasteiger charge is -2.17. The molecule has 1 N–H and O–H groups in total. The molecule has 8 heteroatoms. The Labute approximate surface area is 220 Å². The first-order valence-corrected chi connectivity index (χ1v) is 12.1. The van der Waals surface area contributed by atoms with Crippen LogP contribution in [0.5, 0.6) is 23.0 Å². The highest BCUT2D eigenvalue weighted by molar-refractivity contribution is 5.94.